The molecular formula is C10H16N2. The largest absolute Gasteiger partial charge is 0.312 e. The smallest absolute Gasteiger partial charge is 0.0284 e. The van der Waals surface area contributed by atoms with E-state index in [1.807, 2.05) is 0 Å². The van der Waals surface area contributed by atoms with E-state index in [1.54, 1.807) is 0 Å². The van der Waals surface area contributed by atoms with Crippen molar-refractivity contribution in [2.45, 2.75) is 24.9 Å². The molecule has 0 amide bonds. The highest BCUT2D eigenvalue weighted by Gasteiger charge is 2.58. The highest BCUT2D eigenvalue weighted by molar-refractivity contribution is 5.14. The predicted octanol–water partition coefficient (Wildman–Crippen LogP) is 0.298. The molecule has 0 aromatic rings. The van der Waals surface area contributed by atoms with Crippen LogP contribution in [-0.4, -0.2) is 36.6 Å². The summed E-state index contributed by atoms with van der Waals surface area (Å²) in [5.41, 5.74) is 0. The molecule has 6 unspecified atom stereocenters. The number of piperidine rings is 2. The minimum absolute atomic E-state index is 0.891. The van der Waals surface area contributed by atoms with Gasteiger partial charge in [-0.1, -0.05) is 0 Å². The molecule has 6 bridgehead atoms. The number of hydrogen-bond donors (Lipinski definition) is 1. The Morgan fingerprint density at radius 2 is 2.08 bits per heavy atom. The lowest BCUT2D eigenvalue weighted by atomic mass is 9.69. The lowest BCUT2D eigenvalue weighted by Crippen LogP contribution is -2.53. The third-order valence-electron chi connectivity index (χ3n) is 4.74. The summed E-state index contributed by atoms with van der Waals surface area (Å²) in [6.45, 7) is 4.14. The van der Waals surface area contributed by atoms with E-state index >= 15 is 0 Å². The van der Waals surface area contributed by atoms with Crippen LogP contribution < -0.4 is 5.32 Å². The third-order valence-corrected chi connectivity index (χ3v) is 4.74. The van der Waals surface area contributed by atoms with Crippen LogP contribution in [0.25, 0.3) is 0 Å². The average Bonchev–Trinajstić information content (AvgIpc) is 2.51. The highest BCUT2D eigenvalue weighted by Crippen LogP contribution is 2.51. The summed E-state index contributed by atoms with van der Waals surface area (Å²) >= 11 is 0. The van der Waals surface area contributed by atoms with E-state index in [0.29, 0.717) is 0 Å². The lowest BCUT2D eigenvalue weighted by Gasteiger charge is -2.41. The Labute approximate surface area is 73.3 Å². The van der Waals surface area contributed by atoms with Crippen LogP contribution in [0.15, 0.2) is 0 Å². The van der Waals surface area contributed by atoms with Crippen LogP contribution in [0.2, 0.25) is 0 Å². The summed E-state index contributed by atoms with van der Waals surface area (Å²) in [6.07, 6.45) is 2.99. The average molecular weight is 164 g/mol. The molecule has 4 heterocycles. The minimum atomic E-state index is 0.891. The van der Waals surface area contributed by atoms with Gasteiger partial charge in [0, 0.05) is 25.2 Å². The van der Waals surface area contributed by atoms with Gasteiger partial charge in [-0.3, -0.25) is 4.90 Å². The number of rotatable bonds is 0. The Bertz CT molecular complexity index is 208. The maximum Gasteiger partial charge on any atom is 0.0284 e. The van der Waals surface area contributed by atoms with Crippen molar-refractivity contribution in [3.05, 3.63) is 0 Å². The van der Waals surface area contributed by atoms with Gasteiger partial charge in [-0.2, -0.15) is 0 Å². The Morgan fingerprint density at radius 1 is 1.17 bits per heavy atom. The minimum Gasteiger partial charge on any atom is -0.312 e. The number of nitrogens with zero attached hydrogens (tertiary/aromatic N) is 1. The molecule has 1 saturated carbocycles. The molecule has 4 saturated heterocycles. The normalized spacial score (nSPS) is 66.0. The molecular weight excluding hydrogens is 148 g/mol. The highest BCUT2D eigenvalue weighted by atomic mass is 15.3. The van der Waals surface area contributed by atoms with E-state index < -0.39 is 0 Å². The van der Waals surface area contributed by atoms with Crippen molar-refractivity contribution < 1.29 is 0 Å². The maximum absolute atomic E-state index is 3.73. The summed E-state index contributed by atoms with van der Waals surface area (Å²) in [6, 6.07) is 1.85. The summed E-state index contributed by atoms with van der Waals surface area (Å²) in [7, 11) is 0. The Kier molecular flexibility index (Phi) is 0.999. The van der Waals surface area contributed by atoms with Crippen molar-refractivity contribution in [1.82, 2.24) is 10.2 Å². The third kappa shape index (κ3) is 0.549. The fourth-order valence-corrected chi connectivity index (χ4v) is 4.46. The van der Waals surface area contributed by atoms with E-state index in [9.17, 15) is 0 Å². The van der Waals surface area contributed by atoms with Gasteiger partial charge in [-0.05, 0) is 37.1 Å². The van der Waals surface area contributed by atoms with E-state index in [-0.39, 0.29) is 0 Å². The van der Waals surface area contributed by atoms with Crippen molar-refractivity contribution in [3.8, 4) is 0 Å². The summed E-state index contributed by atoms with van der Waals surface area (Å²) in [5, 5.41) is 3.73. The lowest BCUT2D eigenvalue weighted by molar-refractivity contribution is 0.146. The van der Waals surface area contributed by atoms with Gasteiger partial charge in [-0.15, -0.1) is 0 Å². The zero-order valence-electron chi connectivity index (χ0n) is 7.37. The zero-order valence-corrected chi connectivity index (χ0v) is 7.37. The fourth-order valence-electron chi connectivity index (χ4n) is 4.46. The Hall–Kier alpha value is -0.0800. The van der Waals surface area contributed by atoms with Crippen molar-refractivity contribution in [2.75, 3.05) is 19.6 Å². The first-order chi connectivity index (χ1) is 5.93. The molecule has 0 radical (unpaired) electrons. The van der Waals surface area contributed by atoms with Gasteiger partial charge in [0.15, 0.2) is 0 Å². The van der Waals surface area contributed by atoms with Gasteiger partial charge in [-0.25, -0.2) is 0 Å². The van der Waals surface area contributed by atoms with Crippen molar-refractivity contribution in [3.63, 3.8) is 0 Å². The van der Waals surface area contributed by atoms with Crippen LogP contribution in [0.1, 0.15) is 12.8 Å². The second-order valence-electron chi connectivity index (χ2n) is 5.13. The number of hydrogen-bond acceptors (Lipinski definition) is 2. The van der Waals surface area contributed by atoms with Crippen molar-refractivity contribution in [1.29, 1.82) is 0 Å². The van der Waals surface area contributed by atoms with E-state index in [2.05, 4.69) is 10.2 Å². The first-order valence-electron chi connectivity index (χ1n) is 5.41. The van der Waals surface area contributed by atoms with Crippen molar-refractivity contribution >= 4 is 0 Å². The van der Waals surface area contributed by atoms with Crippen LogP contribution in [-0.2, 0) is 0 Å². The molecule has 1 aliphatic carbocycles. The molecule has 5 rings (SSSR count). The predicted molar refractivity (Wildman–Crippen MR) is 46.9 cm³/mol. The van der Waals surface area contributed by atoms with Gasteiger partial charge in [0.1, 0.15) is 0 Å². The fraction of sp³-hybridized carbons (Fsp3) is 1.00. The van der Waals surface area contributed by atoms with E-state index in [1.165, 1.54) is 32.5 Å². The molecule has 12 heavy (non-hydrogen) atoms. The second-order valence-corrected chi connectivity index (χ2v) is 5.13. The number of nitrogens with one attached hydrogen (secondary N) is 1. The molecule has 66 valence electrons. The van der Waals surface area contributed by atoms with E-state index in [4.69, 9.17) is 0 Å². The quantitative estimate of drug-likeness (QED) is 0.554. The molecule has 0 aromatic carbocycles. The van der Waals surface area contributed by atoms with Crippen molar-refractivity contribution in [2.24, 2.45) is 17.8 Å². The van der Waals surface area contributed by atoms with Gasteiger partial charge >= 0.3 is 0 Å². The summed E-state index contributed by atoms with van der Waals surface area (Å²) < 4.78 is 0. The van der Waals surface area contributed by atoms with Gasteiger partial charge in [0.05, 0.1) is 0 Å². The Balaban J connectivity index is 1.83. The van der Waals surface area contributed by atoms with E-state index in [0.717, 1.165) is 29.8 Å². The SMILES string of the molecule is C1CC2C3CC4CN(C3)C2C4N1. The molecule has 5 aliphatic rings. The van der Waals surface area contributed by atoms with Crippen LogP contribution >= 0.6 is 0 Å². The molecule has 2 nitrogen and oxygen atoms in total. The van der Waals surface area contributed by atoms with Gasteiger partial charge < -0.3 is 5.32 Å². The monoisotopic (exact) mass is 164 g/mol. The molecule has 1 N–H and O–H groups in total. The zero-order chi connectivity index (χ0) is 7.71. The van der Waals surface area contributed by atoms with Gasteiger partial charge in [0.2, 0.25) is 0 Å². The molecule has 2 heteroatoms. The maximum atomic E-state index is 3.73. The van der Waals surface area contributed by atoms with Crippen LogP contribution in [0.3, 0.4) is 0 Å². The molecule has 5 fully saturated rings. The molecule has 0 aromatic heterocycles. The topological polar surface area (TPSA) is 15.3 Å². The second kappa shape index (κ2) is 1.88. The van der Waals surface area contributed by atoms with Crippen LogP contribution in [0.5, 0.6) is 0 Å². The van der Waals surface area contributed by atoms with Gasteiger partial charge in [0.25, 0.3) is 0 Å². The standard InChI is InChI=1S/C10H16N2/c1-2-11-9-7-3-6-4-12(5-7)10(9)8(1)6/h6-11H,1-5H2. The summed E-state index contributed by atoms with van der Waals surface area (Å²) in [4.78, 5) is 2.76. The molecule has 4 aliphatic heterocycles. The Morgan fingerprint density at radius 3 is 3.08 bits per heavy atom. The van der Waals surface area contributed by atoms with Crippen LogP contribution in [0, 0.1) is 17.8 Å². The van der Waals surface area contributed by atoms with Crippen LogP contribution in [0.4, 0.5) is 0 Å². The first kappa shape index (κ1) is 6.39. The molecule has 6 atom stereocenters. The first-order valence-corrected chi connectivity index (χ1v) is 5.41. The summed E-state index contributed by atoms with van der Waals surface area (Å²) in [5.74, 6) is 3.19. The molecule has 0 spiro atoms.